The number of rotatable bonds is 2. The number of benzene rings is 2. The molecule has 18 heavy (non-hydrogen) atoms. The fourth-order valence-corrected chi connectivity index (χ4v) is 3.37. The Morgan fingerprint density at radius 3 is 2.28 bits per heavy atom. The van der Waals surface area contributed by atoms with Gasteiger partial charge in [-0.15, -0.1) is 0 Å². The van der Waals surface area contributed by atoms with Gasteiger partial charge < -0.3 is 0 Å². The standard InChI is InChI=1S/C15H10FNSe/c16-13-8-6-11(7-9-13)14-10-15(18-17-14)12-4-2-1-3-5-12/h1-10H. The third-order valence-corrected chi connectivity index (χ3v) is 4.47. The quantitative estimate of drug-likeness (QED) is 0.659. The molecule has 2 aromatic carbocycles. The Labute approximate surface area is 111 Å². The molecule has 0 unspecified atom stereocenters. The summed E-state index contributed by atoms with van der Waals surface area (Å²) >= 11 is 0.116. The normalized spacial score (nSPS) is 10.5. The summed E-state index contributed by atoms with van der Waals surface area (Å²) in [6.07, 6.45) is 0. The molecule has 0 fully saturated rings. The van der Waals surface area contributed by atoms with Gasteiger partial charge in [0.2, 0.25) is 0 Å². The van der Waals surface area contributed by atoms with Crippen LogP contribution in [0.25, 0.3) is 21.3 Å². The van der Waals surface area contributed by atoms with Crippen molar-refractivity contribution in [1.82, 2.24) is 3.98 Å². The zero-order chi connectivity index (χ0) is 12.4. The third-order valence-electron chi connectivity index (χ3n) is 2.71. The van der Waals surface area contributed by atoms with Crippen molar-refractivity contribution in [2.75, 3.05) is 0 Å². The van der Waals surface area contributed by atoms with E-state index in [9.17, 15) is 4.39 Å². The van der Waals surface area contributed by atoms with E-state index in [1.165, 1.54) is 22.1 Å². The van der Waals surface area contributed by atoms with Gasteiger partial charge in [0.1, 0.15) is 0 Å². The molecule has 0 saturated heterocycles. The number of hydrogen-bond donors (Lipinski definition) is 0. The van der Waals surface area contributed by atoms with E-state index in [-0.39, 0.29) is 20.5 Å². The van der Waals surface area contributed by atoms with Crippen LogP contribution in [0.2, 0.25) is 0 Å². The SMILES string of the molecule is Fc1ccc(-c2cc(-c3ccccc3)[se]n2)cc1. The second-order valence-electron chi connectivity index (χ2n) is 3.95. The summed E-state index contributed by atoms with van der Waals surface area (Å²) in [5, 5.41) is 0. The van der Waals surface area contributed by atoms with Crippen LogP contribution in [-0.2, 0) is 0 Å². The van der Waals surface area contributed by atoms with E-state index in [2.05, 4.69) is 22.2 Å². The Morgan fingerprint density at radius 1 is 0.833 bits per heavy atom. The molecular weight excluding hydrogens is 292 g/mol. The summed E-state index contributed by atoms with van der Waals surface area (Å²) in [4.78, 5) is 0. The van der Waals surface area contributed by atoms with Gasteiger partial charge in [0, 0.05) is 0 Å². The number of nitrogens with zero attached hydrogens (tertiary/aromatic N) is 1. The molecule has 0 aliphatic carbocycles. The Morgan fingerprint density at radius 2 is 1.56 bits per heavy atom. The second kappa shape index (κ2) is 4.89. The maximum atomic E-state index is 12.9. The summed E-state index contributed by atoms with van der Waals surface area (Å²) in [5.41, 5.74) is 3.15. The first-order chi connectivity index (χ1) is 8.83. The number of aromatic nitrogens is 1. The van der Waals surface area contributed by atoms with E-state index in [0.29, 0.717) is 0 Å². The van der Waals surface area contributed by atoms with Crippen LogP contribution < -0.4 is 0 Å². The molecule has 0 atom stereocenters. The van der Waals surface area contributed by atoms with Crippen LogP contribution in [0.15, 0.2) is 60.7 Å². The topological polar surface area (TPSA) is 12.9 Å². The van der Waals surface area contributed by atoms with Crippen molar-refractivity contribution in [3.05, 3.63) is 66.5 Å². The van der Waals surface area contributed by atoms with Crippen molar-refractivity contribution in [2.45, 2.75) is 0 Å². The molecule has 0 aliphatic heterocycles. The van der Waals surface area contributed by atoms with Gasteiger partial charge in [-0.25, -0.2) is 0 Å². The van der Waals surface area contributed by atoms with Crippen LogP contribution in [0.5, 0.6) is 0 Å². The van der Waals surface area contributed by atoms with Crippen molar-refractivity contribution in [2.24, 2.45) is 0 Å². The average Bonchev–Trinajstić information content (AvgIpc) is 2.90. The van der Waals surface area contributed by atoms with E-state index in [0.717, 1.165) is 11.3 Å². The zero-order valence-corrected chi connectivity index (χ0v) is 11.2. The molecule has 0 spiro atoms. The van der Waals surface area contributed by atoms with Crippen LogP contribution in [0.1, 0.15) is 0 Å². The Bertz CT molecular complexity index is 644. The zero-order valence-electron chi connectivity index (χ0n) is 9.51. The van der Waals surface area contributed by atoms with Crippen molar-refractivity contribution in [3.63, 3.8) is 0 Å². The minimum absolute atomic E-state index is 0.116. The van der Waals surface area contributed by atoms with Crippen LogP contribution in [0, 0.1) is 5.82 Å². The summed E-state index contributed by atoms with van der Waals surface area (Å²) in [6, 6.07) is 18.8. The molecule has 0 bridgehead atoms. The Balaban J connectivity index is 1.97. The first kappa shape index (κ1) is 11.4. The molecule has 0 aliphatic rings. The predicted molar refractivity (Wildman–Crippen MR) is 72.0 cm³/mol. The van der Waals surface area contributed by atoms with E-state index in [4.69, 9.17) is 0 Å². The maximum absolute atomic E-state index is 12.9. The summed E-state index contributed by atoms with van der Waals surface area (Å²) in [6.45, 7) is 0. The predicted octanol–water partition coefficient (Wildman–Crippen LogP) is 3.61. The fourth-order valence-electron chi connectivity index (χ4n) is 1.77. The van der Waals surface area contributed by atoms with E-state index in [1.807, 2.05) is 18.2 Å². The number of hydrogen-bond acceptors (Lipinski definition) is 1. The van der Waals surface area contributed by atoms with Gasteiger partial charge in [-0.2, -0.15) is 0 Å². The van der Waals surface area contributed by atoms with E-state index >= 15 is 0 Å². The fraction of sp³-hybridized carbons (Fsp3) is 0. The van der Waals surface area contributed by atoms with Gasteiger partial charge in [0.25, 0.3) is 0 Å². The minimum atomic E-state index is -0.213. The molecule has 88 valence electrons. The van der Waals surface area contributed by atoms with Crippen molar-refractivity contribution in [3.8, 4) is 21.3 Å². The molecule has 3 heteroatoms. The monoisotopic (exact) mass is 303 g/mol. The van der Waals surface area contributed by atoms with Gasteiger partial charge in [-0.05, 0) is 0 Å². The Hall–Kier alpha value is -1.70. The molecule has 3 aromatic rings. The first-order valence-corrected chi connectivity index (χ1v) is 7.23. The van der Waals surface area contributed by atoms with Crippen LogP contribution in [-0.4, -0.2) is 18.7 Å². The van der Waals surface area contributed by atoms with Crippen LogP contribution in [0.4, 0.5) is 4.39 Å². The van der Waals surface area contributed by atoms with Crippen molar-refractivity contribution < 1.29 is 4.39 Å². The molecule has 0 N–H and O–H groups in total. The Kier molecular flexibility index (Phi) is 3.09. The molecule has 1 heterocycles. The van der Waals surface area contributed by atoms with Gasteiger partial charge in [0.15, 0.2) is 0 Å². The molecule has 3 rings (SSSR count). The third kappa shape index (κ3) is 2.28. The van der Waals surface area contributed by atoms with Gasteiger partial charge in [-0.1, -0.05) is 0 Å². The van der Waals surface area contributed by atoms with Crippen molar-refractivity contribution in [1.29, 1.82) is 0 Å². The molecule has 1 aromatic heterocycles. The van der Waals surface area contributed by atoms with Crippen molar-refractivity contribution >= 4 is 14.7 Å². The van der Waals surface area contributed by atoms with E-state index < -0.39 is 0 Å². The number of halogens is 1. The van der Waals surface area contributed by atoms with Crippen LogP contribution >= 0.6 is 0 Å². The summed E-state index contributed by atoms with van der Waals surface area (Å²) in [7, 11) is 0. The average molecular weight is 302 g/mol. The van der Waals surface area contributed by atoms with E-state index in [1.54, 1.807) is 12.1 Å². The molecular formula is C15H10FNSe. The van der Waals surface area contributed by atoms with Gasteiger partial charge >= 0.3 is 111 Å². The molecule has 1 nitrogen and oxygen atoms in total. The van der Waals surface area contributed by atoms with Crippen LogP contribution in [0.3, 0.4) is 0 Å². The molecule has 0 amide bonds. The summed E-state index contributed by atoms with van der Waals surface area (Å²) in [5.74, 6) is -0.213. The van der Waals surface area contributed by atoms with Gasteiger partial charge in [-0.3, -0.25) is 0 Å². The molecule has 0 saturated carbocycles. The summed E-state index contributed by atoms with van der Waals surface area (Å²) < 4.78 is 18.7. The first-order valence-electron chi connectivity index (χ1n) is 5.61. The second-order valence-corrected chi connectivity index (χ2v) is 5.64. The molecule has 0 radical (unpaired) electrons. The van der Waals surface area contributed by atoms with Gasteiger partial charge in [0.05, 0.1) is 0 Å².